The lowest BCUT2D eigenvalue weighted by Gasteiger charge is -2.13. The van der Waals surface area contributed by atoms with E-state index in [0.29, 0.717) is 28.0 Å². The lowest BCUT2D eigenvalue weighted by molar-refractivity contribution is 0.0926. The lowest BCUT2D eigenvalue weighted by atomic mass is 10.0. The molecule has 0 saturated heterocycles. The molecule has 0 aliphatic carbocycles. The topological polar surface area (TPSA) is 91.8 Å². The summed E-state index contributed by atoms with van der Waals surface area (Å²) >= 11 is 0. The van der Waals surface area contributed by atoms with Crippen LogP contribution in [-0.4, -0.2) is 32.0 Å². The third-order valence-electron chi connectivity index (χ3n) is 4.68. The Kier molecular flexibility index (Phi) is 3.17. The molecule has 1 aromatic carbocycles. The van der Waals surface area contributed by atoms with Gasteiger partial charge in [0.15, 0.2) is 5.65 Å². The molecule has 4 heterocycles. The molecular formula is C20H13N5O2. The third kappa shape index (κ3) is 2.18. The van der Waals surface area contributed by atoms with E-state index < -0.39 is 0 Å². The number of rotatable bonds is 2. The minimum absolute atomic E-state index is 0.277. The van der Waals surface area contributed by atoms with Crippen LogP contribution in [0.4, 0.5) is 5.69 Å². The summed E-state index contributed by atoms with van der Waals surface area (Å²) in [6, 6.07) is 10.9. The van der Waals surface area contributed by atoms with Crippen LogP contribution in [0.25, 0.3) is 22.3 Å². The van der Waals surface area contributed by atoms with Crippen molar-refractivity contribution < 1.29 is 9.59 Å². The number of aryl methyl sites for hydroxylation is 1. The van der Waals surface area contributed by atoms with Crippen molar-refractivity contribution in [3.63, 3.8) is 0 Å². The van der Waals surface area contributed by atoms with Crippen molar-refractivity contribution in [1.29, 1.82) is 0 Å². The van der Waals surface area contributed by atoms with Gasteiger partial charge in [0, 0.05) is 24.2 Å². The van der Waals surface area contributed by atoms with Gasteiger partial charge in [-0.1, -0.05) is 17.7 Å². The van der Waals surface area contributed by atoms with E-state index in [-0.39, 0.29) is 17.4 Å². The van der Waals surface area contributed by atoms with Gasteiger partial charge in [-0.15, -0.1) is 0 Å². The maximum Gasteiger partial charge on any atom is 0.267 e. The Morgan fingerprint density at radius 2 is 1.81 bits per heavy atom. The zero-order chi connectivity index (χ0) is 18.5. The maximum atomic E-state index is 13.2. The second-order valence-electron chi connectivity index (χ2n) is 6.37. The number of imide groups is 1. The first-order valence-electron chi connectivity index (χ1n) is 8.38. The molecule has 3 aromatic heterocycles. The molecule has 0 spiro atoms. The number of pyridine rings is 2. The van der Waals surface area contributed by atoms with Crippen molar-refractivity contribution >= 4 is 28.5 Å². The first-order chi connectivity index (χ1) is 13.1. The van der Waals surface area contributed by atoms with E-state index in [1.165, 1.54) is 11.1 Å². The summed E-state index contributed by atoms with van der Waals surface area (Å²) in [5.41, 5.74) is 3.95. The van der Waals surface area contributed by atoms with E-state index in [1.54, 1.807) is 30.6 Å². The fourth-order valence-corrected chi connectivity index (χ4v) is 3.34. The number of anilines is 1. The molecule has 1 aliphatic rings. The average Bonchev–Trinajstić information content (AvgIpc) is 3.23. The van der Waals surface area contributed by atoms with Crippen molar-refractivity contribution in [3.05, 3.63) is 71.7 Å². The Balaban J connectivity index is 1.74. The predicted octanol–water partition coefficient (Wildman–Crippen LogP) is 3.13. The van der Waals surface area contributed by atoms with Gasteiger partial charge in [-0.25, -0.2) is 9.88 Å². The van der Waals surface area contributed by atoms with Gasteiger partial charge in [-0.2, -0.15) is 5.10 Å². The Bertz CT molecular complexity index is 1210. The summed E-state index contributed by atoms with van der Waals surface area (Å²) in [4.78, 5) is 35.7. The molecule has 0 saturated carbocycles. The van der Waals surface area contributed by atoms with E-state index in [0.717, 1.165) is 11.1 Å². The quantitative estimate of drug-likeness (QED) is 0.558. The molecule has 1 aliphatic heterocycles. The van der Waals surface area contributed by atoms with Gasteiger partial charge >= 0.3 is 0 Å². The largest absolute Gasteiger partial charge is 0.275 e. The van der Waals surface area contributed by atoms with Crippen LogP contribution in [0.2, 0.25) is 0 Å². The Hall–Kier alpha value is -3.87. The number of H-pyrrole nitrogens is 1. The molecule has 5 rings (SSSR count). The molecule has 7 heteroatoms. The van der Waals surface area contributed by atoms with Gasteiger partial charge in [0.1, 0.15) is 0 Å². The third-order valence-corrected chi connectivity index (χ3v) is 4.68. The molecule has 0 fully saturated rings. The summed E-state index contributed by atoms with van der Waals surface area (Å²) in [5.74, 6) is -0.760. The van der Waals surface area contributed by atoms with Crippen molar-refractivity contribution in [3.8, 4) is 11.3 Å². The molecule has 7 nitrogen and oxygen atoms in total. The van der Waals surface area contributed by atoms with Gasteiger partial charge in [-0.3, -0.25) is 19.7 Å². The van der Waals surface area contributed by atoms with E-state index in [2.05, 4.69) is 20.2 Å². The predicted molar refractivity (Wildman–Crippen MR) is 99.4 cm³/mol. The number of carbonyl (C=O) groups excluding carboxylic acids is 2. The second-order valence-corrected chi connectivity index (χ2v) is 6.37. The number of benzene rings is 1. The standard InChI is InChI=1S/C20H13N5O2/c1-11-4-6-13(7-5-11)25-19(26)14-10-22-18-16(15(14)20(25)27)17(23-24-18)12-3-2-8-21-9-12/h2-10H,1H3,(H,22,23,24). The van der Waals surface area contributed by atoms with Crippen LogP contribution >= 0.6 is 0 Å². The number of aromatic nitrogens is 4. The zero-order valence-electron chi connectivity index (χ0n) is 14.3. The van der Waals surface area contributed by atoms with Crippen LogP contribution in [-0.2, 0) is 0 Å². The molecule has 27 heavy (non-hydrogen) atoms. The van der Waals surface area contributed by atoms with Crippen LogP contribution in [0.3, 0.4) is 0 Å². The number of nitrogens with zero attached hydrogens (tertiary/aromatic N) is 4. The number of carbonyl (C=O) groups is 2. The molecule has 2 amide bonds. The normalized spacial score (nSPS) is 13.4. The van der Waals surface area contributed by atoms with Crippen LogP contribution in [0.5, 0.6) is 0 Å². The van der Waals surface area contributed by atoms with Gasteiger partial charge in [-0.05, 0) is 31.2 Å². The average molecular weight is 355 g/mol. The zero-order valence-corrected chi connectivity index (χ0v) is 14.3. The van der Waals surface area contributed by atoms with Crippen molar-refractivity contribution in [1.82, 2.24) is 20.2 Å². The first-order valence-corrected chi connectivity index (χ1v) is 8.38. The van der Waals surface area contributed by atoms with E-state index in [9.17, 15) is 9.59 Å². The summed E-state index contributed by atoms with van der Waals surface area (Å²) in [6.45, 7) is 1.95. The highest BCUT2D eigenvalue weighted by atomic mass is 16.2. The minimum Gasteiger partial charge on any atom is -0.275 e. The monoisotopic (exact) mass is 355 g/mol. The maximum absolute atomic E-state index is 13.2. The van der Waals surface area contributed by atoms with Gasteiger partial charge in [0.05, 0.1) is 27.9 Å². The summed E-state index contributed by atoms with van der Waals surface area (Å²) in [6.07, 6.45) is 4.75. The van der Waals surface area contributed by atoms with Crippen LogP contribution in [0.1, 0.15) is 26.3 Å². The molecule has 0 radical (unpaired) electrons. The first kappa shape index (κ1) is 15.4. The van der Waals surface area contributed by atoms with Crippen molar-refractivity contribution in [2.24, 2.45) is 0 Å². The van der Waals surface area contributed by atoms with Crippen molar-refractivity contribution in [2.45, 2.75) is 6.92 Å². The molecule has 0 unspecified atom stereocenters. The van der Waals surface area contributed by atoms with Gasteiger partial charge < -0.3 is 0 Å². The lowest BCUT2D eigenvalue weighted by Crippen LogP contribution is -2.29. The van der Waals surface area contributed by atoms with Crippen LogP contribution < -0.4 is 4.90 Å². The van der Waals surface area contributed by atoms with E-state index in [1.807, 2.05) is 25.1 Å². The molecule has 130 valence electrons. The van der Waals surface area contributed by atoms with Gasteiger partial charge in [0.25, 0.3) is 11.8 Å². The highest BCUT2D eigenvalue weighted by Gasteiger charge is 2.39. The molecule has 1 N–H and O–H groups in total. The number of hydrogen-bond acceptors (Lipinski definition) is 5. The number of fused-ring (bicyclic) bond motifs is 3. The number of hydrogen-bond donors (Lipinski definition) is 1. The Labute approximate surface area is 153 Å². The summed E-state index contributed by atoms with van der Waals surface area (Å²) < 4.78 is 0. The summed E-state index contributed by atoms with van der Waals surface area (Å²) in [7, 11) is 0. The Morgan fingerprint density at radius 1 is 1.00 bits per heavy atom. The van der Waals surface area contributed by atoms with E-state index >= 15 is 0 Å². The second kappa shape index (κ2) is 5.57. The fourth-order valence-electron chi connectivity index (χ4n) is 3.34. The molecule has 0 atom stereocenters. The Morgan fingerprint density at radius 3 is 2.56 bits per heavy atom. The minimum atomic E-state index is -0.383. The smallest absolute Gasteiger partial charge is 0.267 e. The van der Waals surface area contributed by atoms with Crippen LogP contribution in [0, 0.1) is 6.92 Å². The SMILES string of the molecule is Cc1ccc(N2C(=O)c3cnc4n[nH]c(-c5cccnc5)c4c3C2=O)cc1. The highest BCUT2D eigenvalue weighted by Crippen LogP contribution is 2.36. The summed E-state index contributed by atoms with van der Waals surface area (Å²) in [5, 5.41) is 7.65. The van der Waals surface area contributed by atoms with Crippen LogP contribution in [0.15, 0.2) is 55.0 Å². The fraction of sp³-hybridized carbons (Fsp3) is 0.0500. The molecular weight excluding hydrogens is 342 g/mol. The number of nitrogens with one attached hydrogen (secondary N) is 1. The molecule has 4 aromatic rings. The molecule has 0 bridgehead atoms. The van der Waals surface area contributed by atoms with Crippen molar-refractivity contribution in [2.75, 3.05) is 4.90 Å². The highest BCUT2D eigenvalue weighted by molar-refractivity contribution is 6.38. The number of amides is 2. The van der Waals surface area contributed by atoms with Gasteiger partial charge in [0.2, 0.25) is 0 Å². The number of aromatic amines is 1. The van der Waals surface area contributed by atoms with E-state index in [4.69, 9.17) is 0 Å².